The lowest BCUT2D eigenvalue weighted by atomic mass is 9.82. The largest absolute Gasteiger partial charge is 0.494 e. The molecule has 6 nitrogen and oxygen atoms in total. The summed E-state index contributed by atoms with van der Waals surface area (Å²) in [6, 6.07) is 18.3. The van der Waals surface area contributed by atoms with E-state index in [4.69, 9.17) is 14.2 Å². The van der Waals surface area contributed by atoms with Gasteiger partial charge in [-0.2, -0.15) is 0 Å². The number of fused-ring (bicyclic) bond motifs is 2. The Labute approximate surface area is 179 Å². The molecule has 1 aliphatic rings. The lowest BCUT2D eigenvalue weighted by molar-refractivity contribution is 0.0448. The second kappa shape index (κ2) is 8.83. The predicted octanol–water partition coefficient (Wildman–Crippen LogP) is 4.10. The minimum Gasteiger partial charge on any atom is -0.494 e. The van der Waals surface area contributed by atoms with Crippen LogP contribution in [0.2, 0.25) is 0 Å². The van der Waals surface area contributed by atoms with E-state index < -0.39 is 5.97 Å². The fourth-order valence-corrected chi connectivity index (χ4v) is 3.49. The van der Waals surface area contributed by atoms with Crippen LogP contribution < -0.4 is 9.47 Å². The van der Waals surface area contributed by atoms with Gasteiger partial charge in [0.05, 0.1) is 12.2 Å². The molecule has 0 saturated heterocycles. The number of carbonyl (C=O) groups excluding carboxylic acids is 3. The first-order valence-electron chi connectivity index (χ1n) is 9.94. The van der Waals surface area contributed by atoms with Crippen molar-refractivity contribution in [2.24, 2.45) is 0 Å². The van der Waals surface area contributed by atoms with Crippen LogP contribution in [0.3, 0.4) is 0 Å². The summed E-state index contributed by atoms with van der Waals surface area (Å²) >= 11 is 0. The van der Waals surface area contributed by atoms with E-state index in [0.717, 1.165) is 5.75 Å². The van der Waals surface area contributed by atoms with Crippen molar-refractivity contribution in [3.05, 3.63) is 94.5 Å². The summed E-state index contributed by atoms with van der Waals surface area (Å²) in [6.07, 6.45) is 0. The summed E-state index contributed by atoms with van der Waals surface area (Å²) < 4.78 is 16.2. The highest BCUT2D eigenvalue weighted by atomic mass is 16.6. The molecule has 0 amide bonds. The first kappa shape index (κ1) is 20.3. The molecule has 3 aromatic rings. The molecule has 0 heterocycles. The molecule has 0 aliphatic heterocycles. The highest BCUT2D eigenvalue weighted by Crippen LogP contribution is 2.29. The van der Waals surface area contributed by atoms with Gasteiger partial charge in [0.2, 0.25) is 0 Å². The normalized spacial score (nSPS) is 12.0. The molecule has 0 atom stereocenters. The Morgan fingerprint density at radius 2 is 1.32 bits per heavy atom. The van der Waals surface area contributed by atoms with Gasteiger partial charge in [0.15, 0.2) is 11.6 Å². The van der Waals surface area contributed by atoms with Crippen LogP contribution in [0.1, 0.15) is 49.1 Å². The van der Waals surface area contributed by atoms with Crippen molar-refractivity contribution in [1.82, 2.24) is 0 Å². The molecule has 0 saturated carbocycles. The summed E-state index contributed by atoms with van der Waals surface area (Å²) in [5.74, 6) is 0.0552. The van der Waals surface area contributed by atoms with Crippen molar-refractivity contribution in [3.63, 3.8) is 0 Å². The zero-order valence-corrected chi connectivity index (χ0v) is 16.9. The Balaban J connectivity index is 1.43. The van der Waals surface area contributed by atoms with Crippen molar-refractivity contribution in [1.29, 1.82) is 0 Å². The molecule has 4 rings (SSSR count). The van der Waals surface area contributed by atoms with Crippen LogP contribution in [0.5, 0.6) is 11.5 Å². The van der Waals surface area contributed by atoms with E-state index in [1.807, 2.05) is 6.92 Å². The molecular formula is C25H20O6. The third-order valence-electron chi connectivity index (χ3n) is 4.89. The highest BCUT2D eigenvalue weighted by molar-refractivity contribution is 6.30. The van der Waals surface area contributed by atoms with Crippen LogP contribution in [0.15, 0.2) is 66.7 Å². The molecule has 6 heteroatoms. The van der Waals surface area contributed by atoms with Gasteiger partial charge in [-0.3, -0.25) is 9.59 Å². The van der Waals surface area contributed by atoms with Gasteiger partial charge in [0, 0.05) is 22.3 Å². The predicted molar refractivity (Wildman–Crippen MR) is 113 cm³/mol. The molecule has 0 aromatic heterocycles. The first-order chi connectivity index (χ1) is 15.1. The van der Waals surface area contributed by atoms with E-state index >= 15 is 0 Å². The van der Waals surface area contributed by atoms with Crippen molar-refractivity contribution in [3.8, 4) is 11.5 Å². The molecule has 3 aromatic carbocycles. The molecule has 31 heavy (non-hydrogen) atoms. The number of ether oxygens (including phenoxy) is 3. The van der Waals surface area contributed by atoms with Gasteiger partial charge < -0.3 is 14.2 Å². The summed E-state index contributed by atoms with van der Waals surface area (Å²) in [7, 11) is 0. The van der Waals surface area contributed by atoms with Crippen LogP contribution in [0.25, 0.3) is 0 Å². The van der Waals surface area contributed by atoms with Gasteiger partial charge in [0.25, 0.3) is 0 Å². The van der Waals surface area contributed by atoms with E-state index in [1.165, 1.54) is 6.07 Å². The van der Waals surface area contributed by atoms with Crippen molar-refractivity contribution in [2.75, 3.05) is 19.8 Å². The number of esters is 1. The minimum atomic E-state index is -0.673. The second-order valence-electron chi connectivity index (χ2n) is 6.82. The SMILES string of the molecule is CCOc1ccc(OCCOC(=O)c2cccc3c2C(=O)c2ccccc2C3=O)cc1. The standard InChI is InChI=1S/C25H20O6/c1-2-29-16-10-12-17(13-11-16)30-14-15-31-25(28)21-9-5-8-20-22(21)24(27)19-7-4-3-6-18(19)23(20)26/h3-13H,2,14-15H2,1H3. The Morgan fingerprint density at radius 1 is 0.710 bits per heavy atom. The van der Waals surface area contributed by atoms with Crippen LogP contribution in [-0.2, 0) is 4.74 Å². The first-order valence-corrected chi connectivity index (χ1v) is 9.94. The lowest BCUT2D eigenvalue weighted by Gasteiger charge is -2.19. The number of benzene rings is 3. The van der Waals surface area contributed by atoms with Crippen LogP contribution >= 0.6 is 0 Å². The smallest absolute Gasteiger partial charge is 0.339 e. The van der Waals surface area contributed by atoms with Gasteiger partial charge >= 0.3 is 5.97 Å². The van der Waals surface area contributed by atoms with E-state index in [0.29, 0.717) is 23.5 Å². The zero-order valence-electron chi connectivity index (χ0n) is 16.9. The molecule has 0 spiro atoms. The molecule has 156 valence electrons. The van der Waals surface area contributed by atoms with Gasteiger partial charge in [-0.15, -0.1) is 0 Å². The number of hydrogen-bond acceptors (Lipinski definition) is 6. The van der Waals surface area contributed by atoms with E-state index in [-0.39, 0.29) is 41.5 Å². The fourth-order valence-electron chi connectivity index (χ4n) is 3.49. The molecular weight excluding hydrogens is 396 g/mol. The Morgan fingerprint density at radius 3 is 2.00 bits per heavy atom. The summed E-state index contributed by atoms with van der Waals surface area (Å²) in [4.78, 5) is 38.4. The average molecular weight is 416 g/mol. The molecule has 0 radical (unpaired) electrons. The fraction of sp³-hybridized carbons (Fsp3) is 0.160. The lowest BCUT2D eigenvalue weighted by Crippen LogP contribution is -2.24. The third kappa shape index (κ3) is 4.05. The van der Waals surface area contributed by atoms with E-state index in [1.54, 1.807) is 60.7 Å². The van der Waals surface area contributed by atoms with Crippen molar-refractivity contribution < 1.29 is 28.6 Å². The Kier molecular flexibility index (Phi) is 5.80. The van der Waals surface area contributed by atoms with Gasteiger partial charge in [-0.05, 0) is 37.3 Å². The summed E-state index contributed by atoms with van der Waals surface area (Å²) in [5.41, 5.74) is 1.01. The maximum Gasteiger partial charge on any atom is 0.339 e. The third-order valence-corrected chi connectivity index (χ3v) is 4.89. The van der Waals surface area contributed by atoms with Crippen molar-refractivity contribution >= 4 is 17.5 Å². The van der Waals surface area contributed by atoms with Crippen molar-refractivity contribution in [2.45, 2.75) is 6.92 Å². The second-order valence-corrected chi connectivity index (χ2v) is 6.82. The quantitative estimate of drug-likeness (QED) is 0.333. The van der Waals surface area contributed by atoms with E-state index in [9.17, 15) is 14.4 Å². The van der Waals surface area contributed by atoms with Gasteiger partial charge in [0.1, 0.15) is 24.7 Å². The zero-order chi connectivity index (χ0) is 21.8. The number of ketones is 2. The molecule has 0 unspecified atom stereocenters. The van der Waals surface area contributed by atoms with E-state index in [2.05, 4.69) is 0 Å². The van der Waals surface area contributed by atoms with Gasteiger partial charge in [-0.25, -0.2) is 4.79 Å². The number of hydrogen-bond donors (Lipinski definition) is 0. The summed E-state index contributed by atoms with van der Waals surface area (Å²) in [6.45, 7) is 2.63. The Hall–Kier alpha value is -3.93. The highest BCUT2D eigenvalue weighted by Gasteiger charge is 2.33. The molecule has 0 N–H and O–H groups in total. The van der Waals surface area contributed by atoms with Crippen LogP contribution in [0.4, 0.5) is 0 Å². The maximum absolute atomic E-state index is 13.0. The monoisotopic (exact) mass is 416 g/mol. The topological polar surface area (TPSA) is 78.9 Å². The van der Waals surface area contributed by atoms with Gasteiger partial charge in [-0.1, -0.05) is 36.4 Å². The van der Waals surface area contributed by atoms with Crippen LogP contribution in [-0.4, -0.2) is 37.4 Å². The molecule has 0 fully saturated rings. The molecule has 1 aliphatic carbocycles. The number of carbonyl (C=O) groups is 3. The summed E-state index contributed by atoms with van der Waals surface area (Å²) in [5, 5.41) is 0. The number of rotatable bonds is 7. The minimum absolute atomic E-state index is 0.00552. The Bertz CT molecular complexity index is 1150. The average Bonchev–Trinajstić information content (AvgIpc) is 2.81. The van der Waals surface area contributed by atoms with Crippen LogP contribution in [0, 0.1) is 0 Å². The molecule has 0 bridgehead atoms. The maximum atomic E-state index is 13.0.